The first-order valence-corrected chi connectivity index (χ1v) is 3.45. The fourth-order valence-corrected chi connectivity index (χ4v) is 1.41. The van der Waals surface area contributed by atoms with Gasteiger partial charge >= 0.3 is 0 Å². The number of hydrogen-bond donors (Lipinski definition) is 0. The summed E-state index contributed by atoms with van der Waals surface area (Å²) in [5.74, 6) is 1.07. The molecule has 0 spiro atoms. The molecule has 0 saturated heterocycles. The Balaban J connectivity index is 2.34. The van der Waals surface area contributed by atoms with Gasteiger partial charge in [0.2, 0.25) is 0 Å². The fourth-order valence-electron chi connectivity index (χ4n) is 1.41. The second-order valence-corrected chi connectivity index (χ2v) is 2.49. The maximum atomic E-state index is 5.21. The van der Waals surface area contributed by atoms with Gasteiger partial charge in [-0.1, -0.05) is 0 Å². The highest BCUT2D eigenvalue weighted by Gasteiger charge is 2.22. The Labute approximate surface area is 59.6 Å². The molecule has 0 fully saturated rings. The second kappa shape index (κ2) is 2.09. The van der Waals surface area contributed by atoms with Gasteiger partial charge in [-0.2, -0.15) is 0 Å². The third-order valence-corrected chi connectivity index (χ3v) is 1.95. The minimum Gasteiger partial charge on any atom is -0.373 e. The summed E-state index contributed by atoms with van der Waals surface area (Å²) in [6.07, 6.45) is 5.11. The predicted molar refractivity (Wildman–Crippen MR) is 36.6 cm³/mol. The van der Waals surface area contributed by atoms with E-state index >= 15 is 0 Å². The molecule has 3 nitrogen and oxygen atoms in total. The molecule has 1 atom stereocenters. The fraction of sp³-hybridized carbons (Fsp3) is 0.571. The highest BCUT2D eigenvalue weighted by molar-refractivity contribution is 5.01. The van der Waals surface area contributed by atoms with Gasteiger partial charge in [-0.25, -0.2) is 4.98 Å². The molecule has 54 valence electrons. The summed E-state index contributed by atoms with van der Waals surface area (Å²) < 4.78 is 7.35. The molecule has 0 aromatic carbocycles. The van der Waals surface area contributed by atoms with Crippen LogP contribution in [-0.2, 0) is 11.3 Å². The summed E-state index contributed by atoms with van der Waals surface area (Å²) in [5, 5.41) is 0. The van der Waals surface area contributed by atoms with Crippen molar-refractivity contribution in [2.24, 2.45) is 0 Å². The molecule has 2 rings (SSSR count). The lowest BCUT2D eigenvalue weighted by Crippen LogP contribution is -1.97. The number of fused-ring (bicyclic) bond motifs is 1. The Morgan fingerprint density at radius 2 is 2.70 bits per heavy atom. The van der Waals surface area contributed by atoms with Gasteiger partial charge in [-0.15, -0.1) is 0 Å². The van der Waals surface area contributed by atoms with Crippen molar-refractivity contribution in [3.05, 3.63) is 18.2 Å². The van der Waals surface area contributed by atoms with Crippen LogP contribution in [0.2, 0.25) is 0 Å². The standard InChI is InChI=1S/C7H10N2O/c1-10-6-2-4-9-5-3-8-7(6)9/h3,5-6H,2,4H2,1H3. The summed E-state index contributed by atoms with van der Waals surface area (Å²) in [6, 6.07) is 0. The van der Waals surface area contributed by atoms with Crippen molar-refractivity contribution in [3.8, 4) is 0 Å². The molecule has 0 aliphatic carbocycles. The van der Waals surface area contributed by atoms with Crippen LogP contribution in [0.3, 0.4) is 0 Å². The highest BCUT2D eigenvalue weighted by atomic mass is 16.5. The number of rotatable bonds is 1. The van der Waals surface area contributed by atoms with E-state index in [9.17, 15) is 0 Å². The topological polar surface area (TPSA) is 27.1 Å². The molecule has 0 N–H and O–H groups in total. The molecule has 1 unspecified atom stereocenters. The normalized spacial score (nSPS) is 23.1. The Morgan fingerprint density at radius 1 is 1.80 bits per heavy atom. The largest absolute Gasteiger partial charge is 0.373 e. The first-order chi connectivity index (χ1) is 4.92. The number of hydrogen-bond acceptors (Lipinski definition) is 2. The molecule has 0 saturated carbocycles. The van der Waals surface area contributed by atoms with Gasteiger partial charge in [-0.05, 0) is 6.42 Å². The van der Waals surface area contributed by atoms with E-state index in [1.807, 2.05) is 12.4 Å². The van der Waals surface area contributed by atoms with Crippen molar-refractivity contribution in [1.29, 1.82) is 0 Å². The molecule has 1 aliphatic rings. The molecule has 3 heteroatoms. The Hall–Kier alpha value is -0.830. The molecule has 2 heterocycles. The third kappa shape index (κ3) is 0.671. The zero-order valence-electron chi connectivity index (χ0n) is 5.95. The van der Waals surface area contributed by atoms with Gasteiger partial charge in [0.25, 0.3) is 0 Å². The number of imidazole rings is 1. The van der Waals surface area contributed by atoms with E-state index in [2.05, 4.69) is 9.55 Å². The van der Waals surface area contributed by atoms with Gasteiger partial charge in [-0.3, -0.25) is 0 Å². The van der Waals surface area contributed by atoms with Crippen molar-refractivity contribution in [1.82, 2.24) is 9.55 Å². The average Bonchev–Trinajstić information content (AvgIpc) is 2.44. The van der Waals surface area contributed by atoms with Crippen LogP contribution in [0.4, 0.5) is 0 Å². The van der Waals surface area contributed by atoms with Gasteiger partial charge in [0, 0.05) is 26.0 Å². The highest BCUT2D eigenvalue weighted by Crippen LogP contribution is 2.25. The monoisotopic (exact) mass is 138 g/mol. The number of aromatic nitrogens is 2. The lowest BCUT2D eigenvalue weighted by molar-refractivity contribution is 0.102. The molecule has 0 radical (unpaired) electrons. The van der Waals surface area contributed by atoms with E-state index in [0.29, 0.717) is 0 Å². The number of nitrogens with zero attached hydrogens (tertiary/aromatic N) is 2. The van der Waals surface area contributed by atoms with Crippen molar-refractivity contribution in [2.45, 2.75) is 19.1 Å². The molecular formula is C7H10N2O. The summed E-state index contributed by atoms with van der Waals surface area (Å²) in [6.45, 7) is 1.05. The van der Waals surface area contributed by atoms with E-state index < -0.39 is 0 Å². The zero-order chi connectivity index (χ0) is 6.97. The van der Waals surface area contributed by atoms with Gasteiger partial charge in [0.1, 0.15) is 11.9 Å². The molecule has 10 heavy (non-hydrogen) atoms. The molecule has 1 aliphatic heterocycles. The smallest absolute Gasteiger partial charge is 0.137 e. The van der Waals surface area contributed by atoms with E-state index in [1.165, 1.54) is 0 Å². The van der Waals surface area contributed by atoms with E-state index in [0.717, 1.165) is 18.8 Å². The number of aryl methyl sites for hydroxylation is 1. The van der Waals surface area contributed by atoms with Crippen LogP contribution in [0.5, 0.6) is 0 Å². The van der Waals surface area contributed by atoms with Gasteiger partial charge in [0.15, 0.2) is 0 Å². The zero-order valence-corrected chi connectivity index (χ0v) is 5.95. The Morgan fingerprint density at radius 3 is 3.50 bits per heavy atom. The van der Waals surface area contributed by atoms with Crippen LogP contribution in [0.25, 0.3) is 0 Å². The molecule has 0 bridgehead atoms. The van der Waals surface area contributed by atoms with Gasteiger partial charge < -0.3 is 9.30 Å². The van der Waals surface area contributed by atoms with Crippen molar-refractivity contribution in [2.75, 3.05) is 7.11 Å². The molecule has 1 aromatic heterocycles. The Kier molecular flexibility index (Phi) is 1.24. The van der Waals surface area contributed by atoms with Gasteiger partial charge in [0.05, 0.1) is 0 Å². The van der Waals surface area contributed by atoms with Crippen molar-refractivity contribution >= 4 is 0 Å². The van der Waals surface area contributed by atoms with Crippen LogP contribution in [0.15, 0.2) is 12.4 Å². The maximum absolute atomic E-state index is 5.21. The Bertz CT molecular complexity index is 231. The number of ether oxygens (including phenoxy) is 1. The second-order valence-electron chi connectivity index (χ2n) is 2.49. The van der Waals surface area contributed by atoms with Crippen LogP contribution >= 0.6 is 0 Å². The maximum Gasteiger partial charge on any atom is 0.137 e. The molecular weight excluding hydrogens is 128 g/mol. The first kappa shape index (κ1) is 5.92. The van der Waals surface area contributed by atoms with Crippen molar-refractivity contribution in [3.63, 3.8) is 0 Å². The number of methoxy groups -OCH3 is 1. The van der Waals surface area contributed by atoms with Crippen LogP contribution in [0.1, 0.15) is 18.3 Å². The minimum atomic E-state index is 0.231. The SMILES string of the molecule is COC1CCn2ccnc21. The van der Waals surface area contributed by atoms with Crippen LogP contribution in [0, 0.1) is 0 Å². The summed E-state index contributed by atoms with van der Waals surface area (Å²) in [5.41, 5.74) is 0. The van der Waals surface area contributed by atoms with Crippen molar-refractivity contribution < 1.29 is 4.74 Å². The average molecular weight is 138 g/mol. The lowest BCUT2D eigenvalue weighted by Gasteiger charge is -2.02. The van der Waals surface area contributed by atoms with Crippen LogP contribution in [-0.4, -0.2) is 16.7 Å². The predicted octanol–water partition coefficient (Wildman–Crippen LogP) is 0.974. The molecule has 1 aromatic rings. The molecule has 0 amide bonds. The minimum absolute atomic E-state index is 0.231. The summed E-state index contributed by atoms with van der Waals surface area (Å²) >= 11 is 0. The van der Waals surface area contributed by atoms with E-state index in [4.69, 9.17) is 4.74 Å². The summed E-state index contributed by atoms with van der Waals surface area (Å²) in [7, 11) is 1.73. The van der Waals surface area contributed by atoms with E-state index in [-0.39, 0.29) is 6.10 Å². The van der Waals surface area contributed by atoms with E-state index in [1.54, 1.807) is 7.11 Å². The quantitative estimate of drug-likeness (QED) is 0.578. The summed E-state index contributed by atoms with van der Waals surface area (Å²) in [4.78, 5) is 4.19. The van der Waals surface area contributed by atoms with Crippen LogP contribution < -0.4 is 0 Å². The third-order valence-electron chi connectivity index (χ3n) is 1.95. The lowest BCUT2D eigenvalue weighted by atomic mass is 10.3. The first-order valence-electron chi connectivity index (χ1n) is 3.45.